The van der Waals surface area contributed by atoms with Gasteiger partial charge in [0.25, 0.3) is 0 Å². The van der Waals surface area contributed by atoms with Crippen molar-refractivity contribution in [2.45, 2.75) is 240 Å². The first-order valence-corrected chi connectivity index (χ1v) is 30.8. The number of hydrogen-bond acceptors (Lipinski definition) is 11. The van der Waals surface area contributed by atoms with Crippen molar-refractivity contribution in [1.29, 1.82) is 0 Å². The van der Waals surface area contributed by atoms with E-state index in [-0.39, 0.29) is 47.0 Å². The summed E-state index contributed by atoms with van der Waals surface area (Å²) in [6, 6.07) is 8.70. The second kappa shape index (κ2) is 34.1. The van der Waals surface area contributed by atoms with Gasteiger partial charge in [0, 0.05) is 26.5 Å². The fourth-order valence-electron chi connectivity index (χ4n) is 12.1. The maximum Gasteiger partial charge on any atom is -0.0239 e. The number of allylic oxidation sites excluding steroid dienone is 2. The molecule has 5 aliphatic rings. The van der Waals surface area contributed by atoms with Crippen LogP contribution in [0.5, 0.6) is 0 Å². The van der Waals surface area contributed by atoms with Gasteiger partial charge in [0.15, 0.2) is 0 Å². The molecule has 6 rings (SSSR count). The summed E-state index contributed by atoms with van der Waals surface area (Å²) in [5.41, 5.74) is 4.22. The van der Waals surface area contributed by atoms with Gasteiger partial charge < -0.3 is 14.7 Å². The van der Waals surface area contributed by atoms with Gasteiger partial charge in [0.05, 0.1) is 6.10 Å². The Kier molecular flexibility index (Phi) is 29.2. The van der Waals surface area contributed by atoms with Crippen LogP contribution >= 0.6 is 0 Å². The van der Waals surface area contributed by atoms with Crippen LogP contribution in [0.3, 0.4) is 0 Å². The number of nitrogens with zero attached hydrogens (tertiary/aromatic N) is 3. The van der Waals surface area contributed by atoms with Crippen LogP contribution in [0, 0.1) is 30.6 Å². The summed E-state index contributed by atoms with van der Waals surface area (Å²) < 4.78 is 24.8. The smallest absolute Gasteiger partial charge is 0.0239 e. The van der Waals surface area contributed by atoms with E-state index in [2.05, 4.69) is 55.1 Å². The standard InChI is InChI=1S/C56H87N3O11.C7H8.C2H6.V/c1-11-58-45(33-39(5)50(68-9)35-48-29-21-40(6)56(66,70-48)52(43-22-23-43)54(63)57-30-13-12-17-49(57)55(64)65)26-25-44(59(58)41(7)60)24-20-38(4)53(62)51(69-10)32-37(3)19-28-46(61)27-18-36(2)31-42-15-14-16-47(34-42)67-8;1-7-5-3-2-4-6-7;1-2;/h19,25-26,33,36,38,40,42,44-45,47-51,66H,12-18,20-24,27-32,34-35H2,1-10H3,(H,64,65);2-6H,1H3;1-2H3;/b37-19+,39-33+;;;/t36-,38?,40?,42?,44?,45?,47?,48?,49?,50?,51?,56?;;;/m0.../s1. The Balaban J connectivity index is 0.00000140. The van der Waals surface area contributed by atoms with Gasteiger partial charge in [-0.1, -0.05) is 69.5 Å². The number of piperidine rings is 1. The SMILES string of the molecule is CC.COC1CCCC(C[C@@H](C)CCC(=O)C/C=C(\C)CC(OC)C(=O)C(C)CCC2C=CC(/C=C(\C)C(CC3CCC(C)C(O)(C(C(=O)N4CCCCC4C(=O)O)=C4CC4)O3)OC)N([C](C)=[V])N2C(C)=O)C1.Cc1ccccc1. The Morgan fingerprint density at radius 3 is 2.14 bits per heavy atom. The van der Waals surface area contributed by atoms with Crippen molar-refractivity contribution < 1.29 is 70.1 Å². The van der Waals surface area contributed by atoms with Gasteiger partial charge in [-0.05, 0) is 76.5 Å². The quantitative estimate of drug-likeness (QED) is 0.0702. The number of hydrogen-bond donors (Lipinski definition) is 2. The molecule has 12 atom stereocenters. The predicted octanol–water partition coefficient (Wildman–Crippen LogP) is 11.8. The average molecular weight is 1150 g/mol. The first-order valence-electron chi connectivity index (χ1n) is 30.1. The third-order valence-corrected chi connectivity index (χ3v) is 17.3. The maximum atomic E-state index is 14.2. The van der Waals surface area contributed by atoms with Crippen LogP contribution in [0.25, 0.3) is 0 Å². The minimum atomic E-state index is -1.86. The van der Waals surface area contributed by atoms with E-state index in [0.717, 1.165) is 53.2 Å². The Hall–Kier alpha value is -3.86. The van der Waals surface area contributed by atoms with Gasteiger partial charge in [-0.2, -0.15) is 0 Å². The van der Waals surface area contributed by atoms with E-state index in [4.69, 9.17) is 18.9 Å². The van der Waals surface area contributed by atoms with Crippen LogP contribution in [-0.4, -0.2) is 135 Å². The van der Waals surface area contributed by atoms with Crippen molar-refractivity contribution in [3.8, 4) is 0 Å². The van der Waals surface area contributed by atoms with Crippen LogP contribution in [0.15, 0.2) is 76.9 Å². The fourth-order valence-corrected chi connectivity index (χ4v) is 12.5. The molecule has 3 heterocycles. The number of aryl methyl sites for hydroxylation is 1. The number of rotatable bonds is 25. The molecule has 80 heavy (non-hydrogen) atoms. The second-order valence-corrected chi connectivity index (χ2v) is 24.3. The van der Waals surface area contributed by atoms with Crippen molar-refractivity contribution in [2.75, 3.05) is 27.9 Å². The van der Waals surface area contributed by atoms with E-state index < -0.39 is 42.0 Å². The largest absolute Gasteiger partial charge is 0.0622 e. The van der Waals surface area contributed by atoms with E-state index in [1.165, 1.54) is 23.3 Å². The third kappa shape index (κ3) is 20.2. The van der Waals surface area contributed by atoms with Gasteiger partial charge in [-0.3, -0.25) is 9.59 Å². The minimum Gasteiger partial charge on any atom is -0.0622 e. The van der Waals surface area contributed by atoms with Crippen LogP contribution < -0.4 is 0 Å². The number of Topliss-reactive ketones (excluding diaryl/α,β-unsaturated/α-hetero) is 2. The zero-order valence-corrected chi connectivity index (χ0v) is 52.4. The number of carbonyl (C=O) groups excluding carboxylic acids is 4. The number of carboxylic acids is 1. The van der Waals surface area contributed by atoms with Crippen molar-refractivity contribution in [1.82, 2.24) is 14.9 Å². The topological polar surface area (TPSA) is 172 Å². The van der Waals surface area contributed by atoms with E-state index in [9.17, 15) is 34.2 Å². The Morgan fingerprint density at radius 1 is 0.863 bits per heavy atom. The molecule has 2 saturated carbocycles. The first-order chi connectivity index (χ1) is 38.1. The predicted molar refractivity (Wildman–Crippen MR) is 313 cm³/mol. The van der Waals surface area contributed by atoms with E-state index in [1.807, 2.05) is 83.8 Å². The number of amides is 2. The molecule has 2 aliphatic carbocycles. The molecule has 0 radical (unpaired) electrons. The average Bonchev–Trinajstić information content (AvgIpc) is 4.43. The molecular weight excluding hydrogens is 1050 g/mol. The summed E-state index contributed by atoms with van der Waals surface area (Å²) >= 11 is 2.54. The summed E-state index contributed by atoms with van der Waals surface area (Å²) in [7, 11) is 5.00. The van der Waals surface area contributed by atoms with E-state index >= 15 is 0 Å². The van der Waals surface area contributed by atoms with Crippen molar-refractivity contribution >= 4 is 33.7 Å². The molecule has 2 saturated heterocycles. The molecule has 11 unspecified atom stereocenters. The second-order valence-electron chi connectivity index (χ2n) is 23.3. The van der Waals surface area contributed by atoms with Crippen molar-refractivity contribution in [3.63, 3.8) is 0 Å². The summed E-state index contributed by atoms with van der Waals surface area (Å²) in [4.78, 5) is 68.0. The first kappa shape index (κ1) is 68.6. The molecule has 4 fully saturated rings. The summed E-state index contributed by atoms with van der Waals surface area (Å²) in [6.45, 7) is 19.9. The van der Waals surface area contributed by atoms with Crippen LogP contribution in [0.2, 0.25) is 0 Å². The number of benzene rings is 1. The van der Waals surface area contributed by atoms with E-state index in [1.54, 1.807) is 33.3 Å². The number of likely N-dealkylation sites (tertiary alicyclic amines) is 1. The summed E-state index contributed by atoms with van der Waals surface area (Å²) in [5.74, 6) is -2.79. The Labute approximate surface area is 490 Å². The molecule has 1 aromatic carbocycles. The minimum absolute atomic E-state index is 0.00235. The van der Waals surface area contributed by atoms with Gasteiger partial charge in [-0.25, -0.2) is 4.79 Å². The summed E-state index contributed by atoms with van der Waals surface area (Å²) in [5, 5.41) is 26.1. The van der Waals surface area contributed by atoms with E-state index in [0.29, 0.717) is 102 Å². The molecule has 3 aliphatic heterocycles. The van der Waals surface area contributed by atoms with Crippen molar-refractivity contribution in [3.05, 3.63) is 82.5 Å². The molecule has 14 nitrogen and oxygen atoms in total. The van der Waals surface area contributed by atoms with Gasteiger partial charge in [0.1, 0.15) is 11.8 Å². The van der Waals surface area contributed by atoms with Crippen molar-refractivity contribution in [2.24, 2.45) is 23.7 Å². The number of carbonyl (C=O) groups is 5. The normalized spacial score (nSPS) is 26.8. The zero-order chi connectivity index (χ0) is 59.3. The zero-order valence-electron chi connectivity index (χ0n) is 51.0. The molecule has 2 N–H and O–H groups in total. The number of aliphatic carboxylic acids is 1. The molecule has 447 valence electrons. The third-order valence-electron chi connectivity index (χ3n) is 17.0. The van der Waals surface area contributed by atoms with Gasteiger partial charge in [-0.15, -0.1) is 0 Å². The molecule has 0 bridgehead atoms. The van der Waals surface area contributed by atoms with Gasteiger partial charge in [0.2, 0.25) is 0 Å². The molecule has 1 aromatic rings. The Morgan fingerprint density at radius 2 is 1.55 bits per heavy atom. The molecule has 0 aromatic heterocycles. The van der Waals surface area contributed by atoms with Gasteiger partial charge >= 0.3 is 273 Å². The number of ketones is 2. The number of methoxy groups -OCH3 is 3. The Bertz CT molecular complexity index is 2310. The summed E-state index contributed by atoms with van der Waals surface area (Å²) in [6.07, 6.45) is 21.0. The molecule has 15 heteroatoms. The monoisotopic (exact) mass is 1150 g/mol. The number of hydrazine groups is 1. The van der Waals surface area contributed by atoms with Crippen LogP contribution in [0.4, 0.5) is 0 Å². The number of ether oxygens (including phenoxy) is 4. The van der Waals surface area contributed by atoms with Crippen LogP contribution in [0.1, 0.15) is 190 Å². The molecule has 0 spiro atoms. The molecular formula is C65H101N3O11V. The number of carboxylic acid groups (broad SMARTS) is 1. The maximum absolute atomic E-state index is 14.2. The fraction of sp³-hybridized carbons (Fsp3) is 0.692. The van der Waals surface area contributed by atoms with Crippen LogP contribution in [-0.2, 0) is 59.9 Å². The number of aliphatic hydroxyl groups is 1. The molecule has 2 amide bonds.